The van der Waals surface area contributed by atoms with Crippen molar-refractivity contribution >= 4 is 22.7 Å². The molecule has 1 aromatic carbocycles. The fraction of sp³-hybridized carbons (Fsp3) is 0.500. The molecule has 1 heterocycles. The van der Waals surface area contributed by atoms with Crippen molar-refractivity contribution in [3.63, 3.8) is 0 Å². The Kier molecular flexibility index (Phi) is 4.42. The minimum Gasteiger partial charge on any atom is -0.441 e. The molecule has 0 spiro atoms. The Balaban J connectivity index is 2.21. The highest BCUT2D eigenvalue weighted by Crippen LogP contribution is 2.25. The summed E-state index contributed by atoms with van der Waals surface area (Å²) in [6.45, 7) is 4.90. The summed E-state index contributed by atoms with van der Waals surface area (Å²) >= 11 is 5.72. The van der Waals surface area contributed by atoms with Crippen molar-refractivity contribution in [3.05, 3.63) is 28.9 Å². The number of hydrogen-bond acceptors (Lipinski definition) is 3. The average molecular weight is 285 g/mol. The van der Waals surface area contributed by atoms with Crippen molar-refractivity contribution in [1.29, 1.82) is 0 Å². The molecule has 0 aliphatic carbocycles. The highest BCUT2D eigenvalue weighted by atomic mass is 35.5. The molecule has 0 amide bonds. The van der Waals surface area contributed by atoms with Crippen LogP contribution >= 0.6 is 11.6 Å². The normalized spacial score (nSPS) is 13.4. The lowest BCUT2D eigenvalue weighted by Gasteiger charge is -2.14. The van der Waals surface area contributed by atoms with Gasteiger partial charge in [-0.3, -0.25) is 0 Å². The second-order valence-corrected chi connectivity index (χ2v) is 5.68. The first kappa shape index (κ1) is 14.3. The van der Waals surface area contributed by atoms with Gasteiger partial charge in [0, 0.05) is 12.5 Å². The molecule has 2 N–H and O–H groups in total. The Morgan fingerprint density at radius 3 is 2.79 bits per heavy atom. The van der Waals surface area contributed by atoms with E-state index in [0.717, 1.165) is 6.42 Å². The molecule has 0 saturated heterocycles. The van der Waals surface area contributed by atoms with Crippen LogP contribution in [0.2, 0.25) is 5.02 Å². The van der Waals surface area contributed by atoms with Crippen molar-refractivity contribution in [2.75, 3.05) is 6.54 Å². The van der Waals surface area contributed by atoms with E-state index in [2.05, 4.69) is 18.8 Å². The van der Waals surface area contributed by atoms with Crippen molar-refractivity contribution in [2.24, 2.45) is 17.6 Å². The first-order chi connectivity index (χ1) is 8.99. The molecule has 0 saturated carbocycles. The van der Waals surface area contributed by atoms with Gasteiger partial charge in [0.25, 0.3) is 0 Å². The number of nitrogens with zero attached hydrogens (tertiary/aromatic N) is 1. The number of halogens is 2. The molecule has 0 fully saturated rings. The zero-order chi connectivity index (χ0) is 14.0. The number of oxazole rings is 1. The lowest BCUT2D eigenvalue weighted by atomic mass is 9.94. The lowest BCUT2D eigenvalue weighted by Crippen LogP contribution is -2.18. The second kappa shape index (κ2) is 5.88. The van der Waals surface area contributed by atoms with Crippen LogP contribution in [0.4, 0.5) is 4.39 Å². The molecule has 5 heteroatoms. The quantitative estimate of drug-likeness (QED) is 0.909. The van der Waals surface area contributed by atoms with Crippen LogP contribution < -0.4 is 5.73 Å². The van der Waals surface area contributed by atoms with E-state index in [1.165, 1.54) is 12.1 Å². The third-order valence-corrected chi connectivity index (χ3v) is 3.37. The van der Waals surface area contributed by atoms with Crippen molar-refractivity contribution in [3.8, 4) is 0 Å². The summed E-state index contributed by atoms with van der Waals surface area (Å²) < 4.78 is 18.9. The van der Waals surface area contributed by atoms with E-state index in [0.29, 0.717) is 41.8 Å². The number of fused-ring (bicyclic) bond motifs is 1. The van der Waals surface area contributed by atoms with Crippen LogP contribution in [0.1, 0.15) is 26.2 Å². The molecular weight excluding hydrogens is 267 g/mol. The molecule has 1 atom stereocenters. The van der Waals surface area contributed by atoms with Gasteiger partial charge < -0.3 is 10.2 Å². The van der Waals surface area contributed by atoms with Crippen molar-refractivity contribution in [1.82, 2.24) is 4.98 Å². The van der Waals surface area contributed by atoms with E-state index in [4.69, 9.17) is 21.8 Å². The third-order valence-electron chi connectivity index (χ3n) is 3.08. The van der Waals surface area contributed by atoms with Crippen LogP contribution in [0.15, 0.2) is 16.5 Å². The number of benzene rings is 1. The molecule has 2 aromatic rings. The lowest BCUT2D eigenvalue weighted by molar-refractivity contribution is 0.380. The van der Waals surface area contributed by atoms with E-state index in [1.807, 2.05) is 0 Å². The van der Waals surface area contributed by atoms with Gasteiger partial charge >= 0.3 is 0 Å². The van der Waals surface area contributed by atoms with Gasteiger partial charge in [-0.05, 0) is 30.9 Å². The third kappa shape index (κ3) is 3.45. The smallest absolute Gasteiger partial charge is 0.195 e. The van der Waals surface area contributed by atoms with Crippen molar-refractivity contribution in [2.45, 2.75) is 26.7 Å². The molecule has 1 aromatic heterocycles. The molecule has 0 aliphatic rings. The Morgan fingerprint density at radius 1 is 1.42 bits per heavy atom. The van der Waals surface area contributed by atoms with Gasteiger partial charge in [-0.25, -0.2) is 9.37 Å². The summed E-state index contributed by atoms with van der Waals surface area (Å²) in [4.78, 5) is 4.34. The predicted molar refractivity (Wildman–Crippen MR) is 74.7 cm³/mol. The van der Waals surface area contributed by atoms with Crippen LogP contribution in [0.5, 0.6) is 0 Å². The van der Waals surface area contributed by atoms with E-state index < -0.39 is 5.82 Å². The Morgan fingerprint density at radius 2 is 2.16 bits per heavy atom. The topological polar surface area (TPSA) is 52.0 Å². The fourth-order valence-corrected chi connectivity index (χ4v) is 2.39. The number of rotatable bonds is 5. The molecule has 0 bridgehead atoms. The highest BCUT2D eigenvalue weighted by molar-refractivity contribution is 6.31. The van der Waals surface area contributed by atoms with E-state index in [1.54, 1.807) is 0 Å². The molecule has 0 aliphatic heterocycles. The SMILES string of the molecule is CC(C)CC(CN)Cc1nc2cc(Cl)c(F)cc2o1. The molecule has 0 radical (unpaired) electrons. The molecule has 104 valence electrons. The summed E-state index contributed by atoms with van der Waals surface area (Å²) in [5.74, 6) is 1.00. The van der Waals surface area contributed by atoms with Gasteiger partial charge in [0.15, 0.2) is 11.5 Å². The molecule has 3 nitrogen and oxygen atoms in total. The summed E-state index contributed by atoms with van der Waals surface area (Å²) in [5.41, 5.74) is 6.77. The van der Waals surface area contributed by atoms with Crippen LogP contribution in [0.3, 0.4) is 0 Å². The van der Waals surface area contributed by atoms with Crippen molar-refractivity contribution < 1.29 is 8.81 Å². The van der Waals surface area contributed by atoms with Gasteiger partial charge in [-0.2, -0.15) is 0 Å². The molecule has 19 heavy (non-hydrogen) atoms. The van der Waals surface area contributed by atoms with Crippen LogP contribution in [-0.2, 0) is 6.42 Å². The average Bonchev–Trinajstić information content (AvgIpc) is 2.69. The van der Waals surface area contributed by atoms with E-state index >= 15 is 0 Å². The highest BCUT2D eigenvalue weighted by Gasteiger charge is 2.15. The van der Waals surface area contributed by atoms with Gasteiger partial charge in [-0.15, -0.1) is 0 Å². The van der Waals surface area contributed by atoms with Crippen LogP contribution in [0, 0.1) is 17.7 Å². The maximum absolute atomic E-state index is 13.3. The summed E-state index contributed by atoms with van der Waals surface area (Å²) in [6.07, 6.45) is 1.69. The fourth-order valence-electron chi connectivity index (χ4n) is 2.24. The first-order valence-corrected chi connectivity index (χ1v) is 6.82. The standard InChI is InChI=1S/C14H18ClFN2O/c1-8(2)3-9(7-17)4-14-18-12-5-10(15)11(16)6-13(12)19-14/h5-6,8-9H,3-4,7,17H2,1-2H3. The summed E-state index contributed by atoms with van der Waals surface area (Å²) in [7, 11) is 0. The minimum absolute atomic E-state index is 0.0601. The van der Waals surface area contributed by atoms with E-state index in [-0.39, 0.29) is 5.02 Å². The zero-order valence-electron chi connectivity index (χ0n) is 11.1. The maximum Gasteiger partial charge on any atom is 0.195 e. The molecule has 1 unspecified atom stereocenters. The number of hydrogen-bond donors (Lipinski definition) is 1. The molecule has 2 rings (SSSR count). The second-order valence-electron chi connectivity index (χ2n) is 5.28. The van der Waals surface area contributed by atoms with Gasteiger partial charge in [0.2, 0.25) is 0 Å². The van der Waals surface area contributed by atoms with Gasteiger partial charge in [0.05, 0.1) is 5.02 Å². The van der Waals surface area contributed by atoms with Crippen LogP contribution in [-0.4, -0.2) is 11.5 Å². The zero-order valence-corrected chi connectivity index (χ0v) is 11.9. The van der Waals surface area contributed by atoms with E-state index in [9.17, 15) is 4.39 Å². The number of nitrogens with two attached hydrogens (primary N) is 1. The van der Waals surface area contributed by atoms with Gasteiger partial charge in [-0.1, -0.05) is 25.4 Å². The summed E-state index contributed by atoms with van der Waals surface area (Å²) in [5, 5.41) is 0.0601. The maximum atomic E-state index is 13.3. The number of aromatic nitrogens is 1. The Hall–Kier alpha value is -1.13. The Bertz CT molecular complexity index is 529. The largest absolute Gasteiger partial charge is 0.441 e. The summed E-state index contributed by atoms with van der Waals surface area (Å²) in [6, 6.07) is 2.76. The first-order valence-electron chi connectivity index (χ1n) is 6.44. The Labute approximate surface area is 116 Å². The minimum atomic E-state index is -0.491. The predicted octanol–water partition coefficient (Wildman–Crippen LogP) is 3.78. The monoisotopic (exact) mass is 284 g/mol. The molecular formula is C14H18ClFN2O. The van der Waals surface area contributed by atoms with Gasteiger partial charge in [0.1, 0.15) is 11.3 Å². The van der Waals surface area contributed by atoms with Crippen LogP contribution in [0.25, 0.3) is 11.1 Å².